The number of carbonyl (C=O) groups is 2. The van der Waals surface area contributed by atoms with Crippen molar-refractivity contribution >= 4 is 11.8 Å². The maximum atomic E-state index is 12.9. The van der Waals surface area contributed by atoms with Crippen LogP contribution in [0.2, 0.25) is 0 Å². The number of piperidine rings is 1. The fraction of sp³-hybridized carbons (Fsp3) is 0.368. The summed E-state index contributed by atoms with van der Waals surface area (Å²) in [4.78, 5) is 26.4. The molecule has 2 amide bonds. The van der Waals surface area contributed by atoms with Crippen molar-refractivity contribution < 1.29 is 9.59 Å². The smallest absolute Gasteiger partial charge is 0.245 e. The van der Waals surface area contributed by atoms with E-state index in [-0.39, 0.29) is 11.8 Å². The molecular weight excluding hydrogens is 288 g/mol. The van der Waals surface area contributed by atoms with Crippen LogP contribution in [-0.2, 0) is 15.0 Å². The molecule has 1 aromatic rings. The average molecular weight is 312 g/mol. The Morgan fingerprint density at radius 3 is 2.39 bits per heavy atom. The van der Waals surface area contributed by atoms with Crippen LogP contribution in [0.25, 0.3) is 0 Å². The molecular formula is C19H24N2O2. The molecule has 1 heterocycles. The number of hydrogen-bond donors (Lipinski definition) is 1. The highest BCUT2D eigenvalue weighted by Gasteiger charge is 2.43. The number of benzene rings is 1. The Bertz CT molecular complexity index is 599. The van der Waals surface area contributed by atoms with Crippen LogP contribution in [0.5, 0.6) is 0 Å². The minimum absolute atomic E-state index is 0.0115. The molecule has 1 N–H and O–H groups in total. The van der Waals surface area contributed by atoms with E-state index in [2.05, 4.69) is 18.5 Å². The van der Waals surface area contributed by atoms with Gasteiger partial charge in [0.05, 0.1) is 5.41 Å². The summed E-state index contributed by atoms with van der Waals surface area (Å²) < 4.78 is 0. The van der Waals surface area contributed by atoms with E-state index in [1.54, 1.807) is 4.90 Å². The van der Waals surface area contributed by atoms with Crippen molar-refractivity contribution in [2.45, 2.75) is 25.2 Å². The van der Waals surface area contributed by atoms with Gasteiger partial charge in [0.25, 0.3) is 0 Å². The molecule has 0 spiro atoms. The van der Waals surface area contributed by atoms with Gasteiger partial charge in [-0.05, 0) is 31.4 Å². The molecule has 0 bridgehead atoms. The number of amides is 2. The predicted molar refractivity (Wildman–Crippen MR) is 92.0 cm³/mol. The van der Waals surface area contributed by atoms with Crippen LogP contribution in [-0.4, -0.2) is 36.3 Å². The molecule has 0 unspecified atom stereocenters. The van der Waals surface area contributed by atoms with Crippen LogP contribution in [0.4, 0.5) is 0 Å². The van der Waals surface area contributed by atoms with Crippen molar-refractivity contribution in [3.05, 3.63) is 60.7 Å². The van der Waals surface area contributed by atoms with Crippen molar-refractivity contribution in [3.8, 4) is 0 Å². The zero-order valence-electron chi connectivity index (χ0n) is 13.7. The van der Waals surface area contributed by atoms with Crippen molar-refractivity contribution in [3.63, 3.8) is 0 Å². The summed E-state index contributed by atoms with van der Waals surface area (Å²) in [5, 5.41) is 2.99. The third-order valence-electron chi connectivity index (χ3n) is 4.42. The van der Waals surface area contributed by atoms with Crippen LogP contribution >= 0.6 is 0 Å². The van der Waals surface area contributed by atoms with E-state index in [1.165, 1.54) is 6.08 Å². The van der Waals surface area contributed by atoms with Crippen LogP contribution in [0, 0.1) is 0 Å². The fourth-order valence-corrected chi connectivity index (χ4v) is 3.04. The molecule has 2 rings (SSSR count). The molecule has 122 valence electrons. The van der Waals surface area contributed by atoms with E-state index < -0.39 is 5.41 Å². The van der Waals surface area contributed by atoms with Gasteiger partial charge in [0.1, 0.15) is 0 Å². The van der Waals surface area contributed by atoms with Gasteiger partial charge in [-0.3, -0.25) is 9.59 Å². The highest BCUT2D eigenvalue weighted by Crippen LogP contribution is 2.36. The third-order valence-corrected chi connectivity index (χ3v) is 4.42. The first-order chi connectivity index (χ1) is 11.0. The first-order valence-corrected chi connectivity index (χ1v) is 7.89. The predicted octanol–water partition coefficient (Wildman–Crippen LogP) is 2.43. The lowest BCUT2D eigenvalue weighted by atomic mass is 9.72. The zero-order chi connectivity index (χ0) is 16.9. The molecule has 1 aliphatic rings. The molecule has 0 aliphatic carbocycles. The number of nitrogens with zero attached hydrogens (tertiary/aromatic N) is 1. The SMILES string of the molecule is C=CC(=O)N1CCC(C(=O)NCC(=C)C)(c2ccccc2)CC1. The van der Waals surface area contributed by atoms with Crippen LogP contribution < -0.4 is 5.32 Å². The van der Waals surface area contributed by atoms with Crippen molar-refractivity contribution in [1.29, 1.82) is 0 Å². The second-order valence-electron chi connectivity index (χ2n) is 6.12. The Morgan fingerprint density at radius 2 is 1.87 bits per heavy atom. The molecule has 0 saturated carbocycles. The van der Waals surface area contributed by atoms with Crippen molar-refractivity contribution in [1.82, 2.24) is 10.2 Å². The van der Waals surface area contributed by atoms with Gasteiger partial charge in [0.15, 0.2) is 0 Å². The van der Waals surface area contributed by atoms with E-state index in [0.717, 1.165) is 11.1 Å². The first kappa shape index (κ1) is 17.0. The third kappa shape index (κ3) is 3.70. The highest BCUT2D eigenvalue weighted by atomic mass is 16.2. The molecule has 1 aromatic carbocycles. The summed E-state index contributed by atoms with van der Waals surface area (Å²) in [5.74, 6) is -0.0635. The topological polar surface area (TPSA) is 49.4 Å². The summed E-state index contributed by atoms with van der Waals surface area (Å²) in [5.41, 5.74) is 1.33. The number of hydrogen-bond acceptors (Lipinski definition) is 2. The second kappa shape index (κ2) is 7.27. The normalized spacial score (nSPS) is 16.5. The average Bonchev–Trinajstić information content (AvgIpc) is 2.59. The van der Waals surface area contributed by atoms with Gasteiger partial charge in [0.2, 0.25) is 11.8 Å². The van der Waals surface area contributed by atoms with Crippen LogP contribution in [0.1, 0.15) is 25.3 Å². The van der Waals surface area contributed by atoms with E-state index in [0.29, 0.717) is 32.5 Å². The molecule has 1 fully saturated rings. The van der Waals surface area contributed by atoms with Gasteiger partial charge in [-0.1, -0.05) is 49.1 Å². The number of rotatable bonds is 5. The number of carbonyl (C=O) groups excluding carboxylic acids is 2. The summed E-state index contributed by atoms with van der Waals surface area (Å²) in [6, 6.07) is 9.82. The Balaban J connectivity index is 2.24. The summed E-state index contributed by atoms with van der Waals surface area (Å²) >= 11 is 0. The van der Waals surface area contributed by atoms with Gasteiger partial charge in [-0.25, -0.2) is 0 Å². The van der Waals surface area contributed by atoms with E-state index in [9.17, 15) is 9.59 Å². The Labute approximate surface area is 137 Å². The quantitative estimate of drug-likeness (QED) is 0.670. The van der Waals surface area contributed by atoms with E-state index in [4.69, 9.17) is 0 Å². The maximum absolute atomic E-state index is 12.9. The Hall–Kier alpha value is -2.36. The zero-order valence-corrected chi connectivity index (χ0v) is 13.7. The minimum Gasteiger partial charge on any atom is -0.352 e. The molecule has 23 heavy (non-hydrogen) atoms. The first-order valence-electron chi connectivity index (χ1n) is 7.89. The molecule has 1 aliphatic heterocycles. The molecule has 1 saturated heterocycles. The monoisotopic (exact) mass is 312 g/mol. The number of likely N-dealkylation sites (tertiary alicyclic amines) is 1. The van der Waals surface area contributed by atoms with Crippen molar-refractivity contribution in [2.75, 3.05) is 19.6 Å². The lowest BCUT2D eigenvalue weighted by Gasteiger charge is -2.40. The van der Waals surface area contributed by atoms with Crippen LogP contribution in [0.3, 0.4) is 0 Å². The summed E-state index contributed by atoms with van der Waals surface area (Å²) in [7, 11) is 0. The standard InChI is InChI=1S/C19H24N2O2/c1-4-17(22)21-12-10-19(11-13-21,16-8-6-5-7-9-16)18(23)20-14-15(2)3/h4-9H,1-2,10-14H2,3H3,(H,20,23). The maximum Gasteiger partial charge on any atom is 0.245 e. The molecule has 0 aromatic heterocycles. The lowest BCUT2D eigenvalue weighted by Crippen LogP contribution is -2.52. The van der Waals surface area contributed by atoms with Gasteiger partial charge in [-0.2, -0.15) is 0 Å². The molecule has 0 atom stereocenters. The van der Waals surface area contributed by atoms with Gasteiger partial charge in [0, 0.05) is 19.6 Å². The van der Waals surface area contributed by atoms with Gasteiger partial charge >= 0.3 is 0 Å². The lowest BCUT2D eigenvalue weighted by molar-refractivity contribution is -0.133. The van der Waals surface area contributed by atoms with E-state index >= 15 is 0 Å². The largest absolute Gasteiger partial charge is 0.352 e. The molecule has 0 radical (unpaired) electrons. The Kier molecular flexibility index (Phi) is 5.37. The molecule has 4 heteroatoms. The fourth-order valence-electron chi connectivity index (χ4n) is 3.04. The van der Waals surface area contributed by atoms with Crippen LogP contribution in [0.15, 0.2) is 55.1 Å². The van der Waals surface area contributed by atoms with Crippen molar-refractivity contribution in [2.24, 2.45) is 0 Å². The van der Waals surface area contributed by atoms with Gasteiger partial charge < -0.3 is 10.2 Å². The highest BCUT2D eigenvalue weighted by molar-refractivity contribution is 5.90. The summed E-state index contributed by atoms with van der Waals surface area (Å²) in [6.45, 7) is 10.8. The molecule has 4 nitrogen and oxygen atoms in total. The second-order valence-corrected chi connectivity index (χ2v) is 6.12. The van der Waals surface area contributed by atoms with E-state index in [1.807, 2.05) is 37.3 Å². The van der Waals surface area contributed by atoms with Gasteiger partial charge in [-0.15, -0.1) is 0 Å². The minimum atomic E-state index is -0.589. The Morgan fingerprint density at radius 1 is 1.26 bits per heavy atom. The number of nitrogens with one attached hydrogen (secondary N) is 1. The summed E-state index contributed by atoms with van der Waals surface area (Å²) in [6.07, 6.45) is 2.55.